The van der Waals surface area contributed by atoms with Gasteiger partial charge in [-0.25, -0.2) is 32.7 Å². The number of anilines is 1. The lowest BCUT2D eigenvalue weighted by Crippen LogP contribution is -2.34. The Kier molecular flexibility index (Phi) is 8.06. The molecule has 0 radical (unpaired) electrons. The number of nitrogens with one attached hydrogen (secondary N) is 2. The number of aromatic nitrogens is 4. The van der Waals surface area contributed by atoms with Gasteiger partial charge in [-0.05, 0) is 32.4 Å². The molecule has 2 aromatic heterocycles. The first-order valence-electron chi connectivity index (χ1n) is 13.1. The quantitative estimate of drug-likeness (QED) is 0.529. The Hall–Kier alpha value is -2.37. The summed E-state index contributed by atoms with van der Waals surface area (Å²) in [6.07, 6.45) is 6.25. The van der Waals surface area contributed by atoms with E-state index in [0.717, 1.165) is 55.4 Å². The molecule has 0 amide bonds. The van der Waals surface area contributed by atoms with Gasteiger partial charge in [-0.3, -0.25) is 0 Å². The van der Waals surface area contributed by atoms with Crippen LogP contribution in [0.2, 0.25) is 0 Å². The Morgan fingerprint density at radius 3 is 2.43 bits per heavy atom. The molecular formula is C26H41N7O3S. The summed E-state index contributed by atoms with van der Waals surface area (Å²) in [5.41, 5.74) is 1.29. The molecule has 0 bridgehead atoms. The molecule has 10 nitrogen and oxygen atoms in total. The molecule has 0 saturated carbocycles. The maximum Gasteiger partial charge on any atom is 0.216 e. The van der Waals surface area contributed by atoms with Gasteiger partial charge in [0.1, 0.15) is 24.1 Å². The lowest BCUT2D eigenvalue weighted by Gasteiger charge is -2.27. The summed E-state index contributed by atoms with van der Waals surface area (Å²) in [5.74, 6) is 2.05. The minimum absolute atomic E-state index is 0.00913. The van der Waals surface area contributed by atoms with Crippen LogP contribution in [-0.4, -0.2) is 77.2 Å². The van der Waals surface area contributed by atoms with Gasteiger partial charge in [0, 0.05) is 48.5 Å². The fourth-order valence-corrected chi connectivity index (χ4v) is 5.62. The van der Waals surface area contributed by atoms with Crippen LogP contribution in [0.4, 0.5) is 5.82 Å². The molecule has 1 unspecified atom stereocenters. The van der Waals surface area contributed by atoms with Crippen LogP contribution in [0.15, 0.2) is 18.5 Å². The van der Waals surface area contributed by atoms with Gasteiger partial charge in [-0.15, -0.1) is 0 Å². The van der Waals surface area contributed by atoms with Gasteiger partial charge in [0.25, 0.3) is 0 Å². The highest BCUT2D eigenvalue weighted by atomic mass is 32.2. The van der Waals surface area contributed by atoms with Gasteiger partial charge in [-0.2, -0.15) is 0 Å². The molecule has 2 saturated heterocycles. The molecule has 4 heterocycles. The molecular weight excluding hydrogens is 490 g/mol. The van der Waals surface area contributed by atoms with Crippen molar-refractivity contribution in [1.29, 1.82) is 0 Å². The maximum atomic E-state index is 11.9. The third-order valence-corrected chi connectivity index (χ3v) is 8.29. The van der Waals surface area contributed by atoms with E-state index in [1.54, 1.807) is 6.33 Å². The van der Waals surface area contributed by atoms with Crippen molar-refractivity contribution < 1.29 is 13.2 Å². The second-order valence-electron chi connectivity index (χ2n) is 11.9. The number of hydrogen-bond donors (Lipinski definition) is 2. The van der Waals surface area contributed by atoms with Crippen LogP contribution >= 0.6 is 0 Å². The monoisotopic (exact) mass is 531 g/mol. The zero-order chi connectivity index (χ0) is 26.8. The molecule has 0 aliphatic carbocycles. The third-order valence-electron chi connectivity index (χ3n) is 7.02. The lowest BCUT2D eigenvalue weighted by atomic mass is 9.84. The van der Waals surface area contributed by atoms with Crippen LogP contribution in [0, 0.1) is 0 Å². The van der Waals surface area contributed by atoms with Crippen molar-refractivity contribution in [3.05, 3.63) is 35.7 Å². The molecule has 2 aliphatic heterocycles. The average Bonchev–Trinajstić information content (AvgIpc) is 3.28. The number of hydrogen-bond acceptors (Lipinski definition) is 9. The Morgan fingerprint density at radius 1 is 1.05 bits per heavy atom. The van der Waals surface area contributed by atoms with Crippen LogP contribution < -0.4 is 15.4 Å². The van der Waals surface area contributed by atoms with Gasteiger partial charge >= 0.3 is 0 Å². The lowest BCUT2D eigenvalue weighted by molar-refractivity contribution is 0.155. The molecule has 2 aliphatic rings. The van der Waals surface area contributed by atoms with E-state index < -0.39 is 10.0 Å². The largest absolute Gasteiger partial charge is 0.474 e. The molecule has 0 aromatic carbocycles. The van der Waals surface area contributed by atoms with E-state index in [1.807, 2.05) is 12.1 Å². The molecule has 2 aromatic rings. The summed E-state index contributed by atoms with van der Waals surface area (Å²) >= 11 is 0. The van der Waals surface area contributed by atoms with Crippen molar-refractivity contribution in [1.82, 2.24) is 29.6 Å². The van der Waals surface area contributed by atoms with E-state index in [2.05, 4.69) is 55.2 Å². The summed E-state index contributed by atoms with van der Waals surface area (Å²) in [6, 6.07) is 3.93. The first-order valence-corrected chi connectivity index (χ1v) is 14.9. The zero-order valence-corrected chi connectivity index (χ0v) is 23.7. The Bertz CT molecular complexity index is 1190. The van der Waals surface area contributed by atoms with Gasteiger partial charge in [-0.1, -0.05) is 34.6 Å². The predicted octanol–water partition coefficient (Wildman–Crippen LogP) is 2.66. The van der Waals surface area contributed by atoms with Crippen LogP contribution in [-0.2, 0) is 27.3 Å². The van der Waals surface area contributed by atoms with Crippen molar-refractivity contribution in [3.8, 4) is 5.88 Å². The van der Waals surface area contributed by atoms with Gasteiger partial charge < -0.3 is 15.4 Å². The molecule has 1 atom stereocenters. The number of sulfonamides is 1. The van der Waals surface area contributed by atoms with Crippen LogP contribution in [0.25, 0.3) is 0 Å². The maximum absolute atomic E-state index is 11.9. The molecule has 0 spiro atoms. The fourth-order valence-electron chi connectivity index (χ4n) is 4.73. The standard InChI is InChI=1S/C26H41N7O3S/c1-25(2,3)20-13-22(30-18-9-12-33(16-18)37(6,34)35)32-23(31-20)15-26(4,5)21-14-24(29-17-28-21)36-19-7-10-27-11-8-19/h13-14,17-19,27H,7-12,15-16H2,1-6H3,(H,30,31,32). The van der Waals surface area contributed by atoms with Crippen molar-refractivity contribution in [3.63, 3.8) is 0 Å². The van der Waals surface area contributed by atoms with E-state index in [1.165, 1.54) is 10.6 Å². The molecule has 4 rings (SSSR count). The first-order chi connectivity index (χ1) is 17.3. The van der Waals surface area contributed by atoms with Crippen molar-refractivity contribution in [2.45, 2.75) is 83.3 Å². The van der Waals surface area contributed by atoms with Crippen LogP contribution in [0.1, 0.15) is 71.1 Å². The minimum atomic E-state index is -3.20. The van der Waals surface area contributed by atoms with Crippen molar-refractivity contribution in [2.75, 3.05) is 37.8 Å². The zero-order valence-electron chi connectivity index (χ0n) is 22.9. The fraction of sp³-hybridized carbons (Fsp3) is 0.692. The number of nitrogens with zero attached hydrogens (tertiary/aromatic N) is 5. The van der Waals surface area contributed by atoms with E-state index in [0.29, 0.717) is 25.4 Å². The smallest absolute Gasteiger partial charge is 0.216 e. The average molecular weight is 532 g/mol. The number of rotatable bonds is 8. The summed E-state index contributed by atoms with van der Waals surface area (Å²) in [7, 11) is -3.20. The Balaban J connectivity index is 1.53. The second kappa shape index (κ2) is 10.8. The second-order valence-corrected chi connectivity index (χ2v) is 13.9. The van der Waals surface area contributed by atoms with E-state index >= 15 is 0 Å². The highest BCUT2D eigenvalue weighted by Gasteiger charge is 2.30. The van der Waals surface area contributed by atoms with Gasteiger partial charge in [0.15, 0.2) is 0 Å². The molecule has 11 heteroatoms. The summed E-state index contributed by atoms with van der Waals surface area (Å²) in [4.78, 5) is 18.7. The topological polar surface area (TPSA) is 122 Å². The van der Waals surface area contributed by atoms with Gasteiger partial charge in [0.2, 0.25) is 15.9 Å². The highest BCUT2D eigenvalue weighted by Crippen LogP contribution is 2.30. The SMILES string of the molecule is CC(C)(C)c1cc(NC2CCN(S(C)(=O)=O)C2)nc(CC(C)(C)c2cc(OC3CCNCC3)ncn2)n1. The van der Waals surface area contributed by atoms with Crippen molar-refractivity contribution >= 4 is 15.8 Å². The van der Waals surface area contributed by atoms with E-state index in [4.69, 9.17) is 14.7 Å². The normalized spacial score (nSPS) is 20.2. The van der Waals surface area contributed by atoms with E-state index in [9.17, 15) is 8.42 Å². The summed E-state index contributed by atoms with van der Waals surface area (Å²) in [5, 5.41) is 6.82. The van der Waals surface area contributed by atoms with Crippen LogP contribution in [0.5, 0.6) is 5.88 Å². The highest BCUT2D eigenvalue weighted by molar-refractivity contribution is 7.88. The molecule has 2 N–H and O–H groups in total. The number of piperidine rings is 1. The third kappa shape index (κ3) is 7.36. The summed E-state index contributed by atoms with van der Waals surface area (Å²) < 4.78 is 31.6. The van der Waals surface area contributed by atoms with Crippen LogP contribution in [0.3, 0.4) is 0 Å². The predicted molar refractivity (Wildman–Crippen MR) is 144 cm³/mol. The minimum Gasteiger partial charge on any atom is -0.474 e. The molecule has 204 valence electrons. The Labute approximate surface area is 221 Å². The molecule has 2 fully saturated rings. The Morgan fingerprint density at radius 2 is 1.78 bits per heavy atom. The van der Waals surface area contributed by atoms with Gasteiger partial charge in [0.05, 0.1) is 17.6 Å². The molecule has 37 heavy (non-hydrogen) atoms. The van der Waals surface area contributed by atoms with E-state index in [-0.39, 0.29) is 23.0 Å². The first kappa shape index (κ1) is 27.7. The summed E-state index contributed by atoms with van der Waals surface area (Å²) in [6.45, 7) is 13.5. The van der Waals surface area contributed by atoms with Crippen molar-refractivity contribution in [2.24, 2.45) is 0 Å². The number of ether oxygens (including phenoxy) is 1.